The van der Waals surface area contributed by atoms with E-state index in [2.05, 4.69) is 21.3 Å². The van der Waals surface area contributed by atoms with Gasteiger partial charge in [-0.1, -0.05) is 18.2 Å². The molecule has 7 heteroatoms. The van der Waals surface area contributed by atoms with Gasteiger partial charge < -0.3 is 15.1 Å². The van der Waals surface area contributed by atoms with Gasteiger partial charge in [-0.25, -0.2) is 4.98 Å². The Labute approximate surface area is 166 Å². The molecule has 1 fully saturated rings. The van der Waals surface area contributed by atoms with Gasteiger partial charge in [0, 0.05) is 24.2 Å². The number of rotatable bonds is 6. The average Bonchev–Trinajstić information content (AvgIpc) is 2.74. The average molecular weight is 383 g/mol. The zero-order valence-electron chi connectivity index (χ0n) is 16.6. The third-order valence-electron chi connectivity index (χ3n) is 5.07. The van der Waals surface area contributed by atoms with Crippen molar-refractivity contribution in [2.75, 3.05) is 51.7 Å². The topological polar surface area (TPSA) is 71.2 Å². The fourth-order valence-corrected chi connectivity index (χ4v) is 3.48. The third-order valence-corrected chi connectivity index (χ3v) is 5.07. The Morgan fingerprint density at radius 2 is 1.79 bits per heavy atom. The number of piperazine rings is 1. The van der Waals surface area contributed by atoms with Crippen molar-refractivity contribution in [2.45, 2.75) is 6.54 Å². The molecule has 148 valence electrons. The number of likely N-dealkylation sites (N-methyl/N-ethyl adjacent to an activating group) is 1. The highest BCUT2D eigenvalue weighted by atomic mass is 16.2. The van der Waals surface area contributed by atoms with Gasteiger partial charge in [-0.15, -0.1) is 0 Å². The molecule has 3 rings (SSSR count). The molecule has 2 amide bonds. The van der Waals surface area contributed by atoms with Crippen molar-refractivity contribution in [1.82, 2.24) is 10.2 Å². The van der Waals surface area contributed by atoms with Gasteiger partial charge in [0.05, 0.1) is 26.3 Å². The van der Waals surface area contributed by atoms with E-state index in [-0.39, 0.29) is 11.8 Å². The molecule has 0 radical (unpaired) electrons. The van der Waals surface area contributed by atoms with Crippen molar-refractivity contribution in [1.29, 1.82) is 0 Å². The van der Waals surface area contributed by atoms with E-state index in [0.717, 1.165) is 49.0 Å². The molecule has 7 nitrogen and oxygen atoms in total. The van der Waals surface area contributed by atoms with Crippen LogP contribution >= 0.6 is 0 Å². The molecule has 1 aliphatic rings. The van der Waals surface area contributed by atoms with E-state index in [1.807, 2.05) is 54.5 Å². The van der Waals surface area contributed by atoms with Gasteiger partial charge in [0.1, 0.15) is 19.6 Å². The number of aromatic amines is 1. The Morgan fingerprint density at radius 3 is 2.39 bits per heavy atom. The van der Waals surface area contributed by atoms with Gasteiger partial charge in [-0.3, -0.25) is 14.5 Å². The molecular formula is C21H29N5O2+2. The highest BCUT2D eigenvalue weighted by Gasteiger charge is 2.27. The number of benzene rings is 1. The summed E-state index contributed by atoms with van der Waals surface area (Å²) >= 11 is 0. The number of anilines is 1. The Hall–Kier alpha value is -2.93. The van der Waals surface area contributed by atoms with Gasteiger partial charge in [-0.05, 0) is 18.2 Å². The first kappa shape index (κ1) is 19.8. The smallest absolute Gasteiger partial charge is 0.278 e. The molecule has 1 unspecified atom stereocenters. The summed E-state index contributed by atoms with van der Waals surface area (Å²) in [5.41, 5.74) is 1.76. The first-order valence-electron chi connectivity index (χ1n) is 9.68. The van der Waals surface area contributed by atoms with Crippen LogP contribution in [0.3, 0.4) is 0 Å². The molecule has 0 aliphatic carbocycles. The molecule has 0 spiro atoms. The van der Waals surface area contributed by atoms with Crippen LogP contribution in [-0.4, -0.2) is 63.5 Å². The molecule has 3 N–H and O–H groups in total. The Morgan fingerprint density at radius 1 is 1.07 bits per heavy atom. The molecule has 1 aliphatic heterocycles. The largest absolute Gasteiger partial charge is 0.355 e. The maximum absolute atomic E-state index is 12.7. The van der Waals surface area contributed by atoms with E-state index >= 15 is 0 Å². The van der Waals surface area contributed by atoms with Crippen LogP contribution in [0, 0.1) is 0 Å². The van der Waals surface area contributed by atoms with Crippen LogP contribution in [0.25, 0.3) is 0 Å². The molecule has 1 aromatic carbocycles. The summed E-state index contributed by atoms with van der Waals surface area (Å²) in [4.78, 5) is 32.9. The molecule has 0 bridgehead atoms. The number of pyridine rings is 1. The number of nitrogens with zero attached hydrogens (tertiary/aromatic N) is 2. The molecule has 2 heterocycles. The van der Waals surface area contributed by atoms with Crippen LogP contribution < -0.4 is 20.1 Å². The van der Waals surface area contributed by atoms with Crippen LogP contribution in [0.1, 0.15) is 15.9 Å². The van der Waals surface area contributed by atoms with E-state index in [1.54, 1.807) is 7.05 Å². The zero-order chi connectivity index (χ0) is 19.9. The number of hydrogen-bond acceptors (Lipinski definition) is 3. The number of nitrogens with one attached hydrogen (secondary N) is 3. The fourth-order valence-electron chi connectivity index (χ4n) is 3.48. The Kier molecular flexibility index (Phi) is 6.60. The summed E-state index contributed by atoms with van der Waals surface area (Å²) in [5, 5.41) is 2.62. The summed E-state index contributed by atoms with van der Waals surface area (Å²) in [6, 6.07) is 13.6. The quantitative estimate of drug-likeness (QED) is 0.688. The summed E-state index contributed by atoms with van der Waals surface area (Å²) < 4.78 is 0. The van der Waals surface area contributed by atoms with E-state index in [0.29, 0.717) is 12.1 Å². The Balaban J connectivity index is 1.46. The Bertz CT molecular complexity index is 786. The van der Waals surface area contributed by atoms with E-state index < -0.39 is 0 Å². The molecular weight excluding hydrogens is 354 g/mol. The monoisotopic (exact) mass is 383 g/mol. The van der Waals surface area contributed by atoms with Gasteiger partial charge in [0.25, 0.3) is 17.6 Å². The van der Waals surface area contributed by atoms with Gasteiger partial charge in [-0.2, -0.15) is 0 Å². The van der Waals surface area contributed by atoms with Crippen LogP contribution in [0.2, 0.25) is 0 Å². The molecule has 0 saturated carbocycles. The predicted octanol–water partition coefficient (Wildman–Crippen LogP) is -0.776. The number of carbonyl (C=O) groups excluding carboxylic acids is 2. The summed E-state index contributed by atoms with van der Waals surface area (Å²) in [7, 11) is 3.65. The highest BCUT2D eigenvalue weighted by molar-refractivity contribution is 5.93. The maximum Gasteiger partial charge on any atom is 0.278 e. The SMILES string of the molecule is CNC(=O)c1ccc(C[NH+](C)CC(=O)N2CCN(c3cccc[nH+]3)CC2)cc1. The molecule has 1 saturated heterocycles. The van der Waals surface area contributed by atoms with E-state index in [1.165, 1.54) is 0 Å². The maximum atomic E-state index is 12.7. The lowest BCUT2D eigenvalue weighted by Crippen LogP contribution is -3.09. The lowest BCUT2D eigenvalue weighted by molar-refractivity contribution is -0.885. The second-order valence-corrected chi connectivity index (χ2v) is 7.20. The number of quaternary nitrogens is 1. The van der Waals surface area contributed by atoms with Crippen molar-refractivity contribution >= 4 is 17.6 Å². The molecule has 2 aromatic rings. The second-order valence-electron chi connectivity index (χ2n) is 7.20. The van der Waals surface area contributed by atoms with E-state index in [9.17, 15) is 9.59 Å². The standard InChI is InChI=1S/C21H27N5O2/c1-22-21(28)18-8-6-17(7-9-18)15-24(2)16-20(27)26-13-11-25(12-14-26)19-5-3-4-10-23-19/h3-10H,11-16H2,1-2H3,(H,22,28)/p+2. The van der Waals surface area contributed by atoms with E-state index in [4.69, 9.17) is 0 Å². The normalized spacial score (nSPS) is 15.2. The van der Waals surface area contributed by atoms with Gasteiger partial charge in [0.15, 0.2) is 6.54 Å². The lowest BCUT2D eigenvalue weighted by atomic mass is 10.1. The van der Waals surface area contributed by atoms with Crippen LogP contribution in [0.5, 0.6) is 0 Å². The highest BCUT2D eigenvalue weighted by Crippen LogP contribution is 2.09. The predicted molar refractivity (Wildman–Crippen MR) is 107 cm³/mol. The van der Waals surface area contributed by atoms with Crippen LogP contribution in [-0.2, 0) is 11.3 Å². The van der Waals surface area contributed by atoms with Crippen molar-refractivity contribution < 1.29 is 19.5 Å². The minimum atomic E-state index is -0.0883. The zero-order valence-corrected chi connectivity index (χ0v) is 16.6. The molecule has 1 atom stereocenters. The number of carbonyl (C=O) groups is 2. The van der Waals surface area contributed by atoms with Gasteiger partial charge >= 0.3 is 0 Å². The summed E-state index contributed by atoms with van der Waals surface area (Å²) in [6.45, 7) is 4.39. The number of H-pyrrole nitrogens is 1. The third kappa shape index (κ3) is 5.07. The van der Waals surface area contributed by atoms with Crippen molar-refractivity contribution in [2.24, 2.45) is 0 Å². The van der Waals surface area contributed by atoms with Crippen LogP contribution in [0.4, 0.5) is 5.82 Å². The second kappa shape index (κ2) is 9.32. The minimum absolute atomic E-state index is 0.0883. The number of amides is 2. The van der Waals surface area contributed by atoms with Crippen LogP contribution in [0.15, 0.2) is 48.7 Å². The minimum Gasteiger partial charge on any atom is -0.355 e. The molecule has 28 heavy (non-hydrogen) atoms. The van der Waals surface area contributed by atoms with Crippen molar-refractivity contribution in [3.05, 3.63) is 59.8 Å². The lowest BCUT2D eigenvalue weighted by Gasteiger charge is -2.31. The number of hydrogen-bond donors (Lipinski definition) is 2. The fraction of sp³-hybridized carbons (Fsp3) is 0.381. The summed E-state index contributed by atoms with van der Waals surface area (Å²) in [6.07, 6.45) is 1.92. The molecule has 1 aromatic heterocycles. The summed E-state index contributed by atoms with van der Waals surface area (Å²) in [5.74, 6) is 1.20. The van der Waals surface area contributed by atoms with Crippen molar-refractivity contribution in [3.8, 4) is 0 Å². The first-order chi connectivity index (χ1) is 13.6. The van der Waals surface area contributed by atoms with Crippen molar-refractivity contribution in [3.63, 3.8) is 0 Å². The first-order valence-corrected chi connectivity index (χ1v) is 9.68. The number of aromatic nitrogens is 1. The van der Waals surface area contributed by atoms with Gasteiger partial charge in [0.2, 0.25) is 0 Å².